The van der Waals surface area contributed by atoms with Crippen LogP contribution in [-0.4, -0.2) is 5.91 Å². The van der Waals surface area contributed by atoms with Crippen molar-refractivity contribution < 1.29 is 13.6 Å². The molecule has 0 unspecified atom stereocenters. The summed E-state index contributed by atoms with van der Waals surface area (Å²) < 4.78 is 27.2. The molecule has 0 aliphatic rings. The van der Waals surface area contributed by atoms with Crippen LogP contribution in [0, 0.1) is 11.6 Å². The van der Waals surface area contributed by atoms with E-state index in [1.165, 1.54) is 30.3 Å². The van der Waals surface area contributed by atoms with Crippen molar-refractivity contribution in [2.24, 2.45) is 0 Å². The standard InChI is InChI=1S/C13H6BrCl2F2NO/c14-8-3-1-2-7(11(8)17)13(20)19-6-4-9(15)12(18)10(16)5-6/h1-5H,(H,19,20). The molecule has 2 aromatic rings. The molecular formula is C13H6BrCl2F2NO. The van der Waals surface area contributed by atoms with E-state index in [1.807, 2.05) is 0 Å². The second-order valence-electron chi connectivity index (χ2n) is 3.81. The van der Waals surface area contributed by atoms with Gasteiger partial charge < -0.3 is 5.32 Å². The van der Waals surface area contributed by atoms with Crippen LogP contribution in [0.25, 0.3) is 0 Å². The average Bonchev–Trinajstić information content (AvgIpc) is 2.39. The number of rotatable bonds is 2. The molecule has 0 radical (unpaired) electrons. The van der Waals surface area contributed by atoms with Crippen molar-refractivity contribution in [1.29, 1.82) is 0 Å². The first-order valence-corrected chi connectivity index (χ1v) is 6.85. The van der Waals surface area contributed by atoms with E-state index in [4.69, 9.17) is 23.2 Å². The summed E-state index contributed by atoms with van der Waals surface area (Å²) >= 11 is 14.2. The molecule has 0 aromatic heterocycles. The summed E-state index contributed by atoms with van der Waals surface area (Å²) in [6, 6.07) is 6.69. The molecule has 0 heterocycles. The monoisotopic (exact) mass is 379 g/mol. The van der Waals surface area contributed by atoms with Gasteiger partial charge in [-0.1, -0.05) is 29.3 Å². The lowest BCUT2D eigenvalue weighted by Gasteiger charge is -2.08. The lowest BCUT2D eigenvalue weighted by atomic mass is 10.2. The molecule has 1 amide bonds. The fourth-order valence-electron chi connectivity index (χ4n) is 1.51. The molecule has 0 atom stereocenters. The third-order valence-corrected chi connectivity index (χ3v) is 3.60. The summed E-state index contributed by atoms with van der Waals surface area (Å²) in [5.74, 6) is -2.16. The normalized spacial score (nSPS) is 10.4. The number of halogens is 5. The van der Waals surface area contributed by atoms with Gasteiger partial charge in [-0.15, -0.1) is 0 Å². The quantitative estimate of drug-likeness (QED) is 0.705. The van der Waals surface area contributed by atoms with E-state index in [0.29, 0.717) is 0 Å². The van der Waals surface area contributed by atoms with E-state index in [-0.39, 0.29) is 25.8 Å². The Morgan fingerprint density at radius 3 is 2.30 bits per heavy atom. The highest BCUT2D eigenvalue weighted by atomic mass is 79.9. The van der Waals surface area contributed by atoms with Crippen LogP contribution >= 0.6 is 39.1 Å². The first-order chi connectivity index (χ1) is 9.40. The highest BCUT2D eigenvalue weighted by Crippen LogP contribution is 2.28. The first-order valence-electron chi connectivity index (χ1n) is 5.30. The predicted octanol–water partition coefficient (Wildman–Crippen LogP) is 5.29. The van der Waals surface area contributed by atoms with E-state index in [2.05, 4.69) is 21.2 Å². The maximum absolute atomic E-state index is 13.8. The Morgan fingerprint density at radius 2 is 1.70 bits per heavy atom. The molecule has 1 N–H and O–H groups in total. The minimum atomic E-state index is -0.778. The van der Waals surface area contributed by atoms with Crippen LogP contribution in [0.2, 0.25) is 10.0 Å². The lowest BCUT2D eigenvalue weighted by Crippen LogP contribution is -2.14. The molecule has 2 nitrogen and oxygen atoms in total. The van der Waals surface area contributed by atoms with Gasteiger partial charge in [-0.2, -0.15) is 0 Å². The maximum Gasteiger partial charge on any atom is 0.258 e. The number of carbonyl (C=O) groups is 1. The van der Waals surface area contributed by atoms with E-state index < -0.39 is 17.5 Å². The van der Waals surface area contributed by atoms with Crippen molar-refractivity contribution in [3.63, 3.8) is 0 Å². The van der Waals surface area contributed by atoms with Gasteiger partial charge in [0.2, 0.25) is 0 Å². The summed E-state index contributed by atoms with van der Waals surface area (Å²) in [5.41, 5.74) is 0.0155. The molecule has 2 aromatic carbocycles. The first kappa shape index (κ1) is 15.2. The van der Waals surface area contributed by atoms with E-state index in [0.717, 1.165) is 0 Å². The van der Waals surface area contributed by atoms with Crippen LogP contribution in [0.4, 0.5) is 14.5 Å². The fraction of sp³-hybridized carbons (Fsp3) is 0. The number of nitrogens with one attached hydrogen (secondary N) is 1. The topological polar surface area (TPSA) is 29.1 Å². The minimum Gasteiger partial charge on any atom is -0.322 e. The number of carbonyl (C=O) groups excluding carboxylic acids is 1. The largest absolute Gasteiger partial charge is 0.322 e. The highest BCUT2D eigenvalue weighted by molar-refractivity contribution is 9.10. The summed E-state index contributed by atoms with van der Waals surface area (Å²) in [6.07, 6.45) is 0. The third-order valence-electron chi connectivity index (χ3n) is 2.44. The second kappa shape index (κ2) is 6.08. The number of benzene rings is 2. The summed E-state index contributed by atoms with van der Waals surface area (Å²) in [7, 11) is 0. The molecule has 2 rings (SSSR count). The Bertz CT molecular complexity index is 671. The SMILES string of the molecule is O=C(Nc1cc(Cl)c(F)c(Cl)c1)c1cccc(Br)c1F. The van der Waals surface area contributed by atoms with E-state index >= 15 is 0 Å². The Balaban J connectivity index is 2.30. The van der Waals surface area contributed by atoms with Crippen LogP contribution in [0.15, 0.2) is 34.8 Å². The van der Waals surface area contributed by atoms with Gasteiger partial charge in [-0.05, 0) is 40.2 Å². The molecular weight excluding hydrogens is 375 g/mol. The second-order valence-corrected chi connectivity index (χ2v) is 5.48. The van der Waals surface area contributed by atoms with Crippen molar-refractivity contribution in [2.45, 2.75) is 0 Å². The van der Waals surface area contributed by atoms with Gasteiger partial charge in [-0.3, -0.25) is 4.79 Å². The Hall–Kier alpha value is -1.17. The lowest BCUT2D eigenvalue weighted by molar-refractivity contribution is 0.102. The molecule has 0 fully saturated rings. The molecule has 0 bridgehead atoms. The van der Waals surface area contributed by atoms with Crippen molar-refractivity contribution >= 4 is 50.7 Å². The van der Waals surface area contributed by atoms with Crippen molar-refractivity contribution in [1.82, 2.24) is 0 Å². The maximum atomic E-state index is 13.8. The van der Waals surface area contributed by atoms with Gasteiger partial charge in [0.05, 0.1) is 20.1 Å². The van der Waals surface area contributed by atoms with Crippen molar-refractivity contribution in [3.05, 3.63) is 62.0 Å². The molecule has 0 aliphatic heterocycles. The van der Waals surface area contributed by atoms with Crippen LogP contribution in [0.1, 0.15) is 10.4 Å². The molecule has 0 saturated carbocycles. The third kappa shape index (κ3) is 3.11. The average molecular weight is 381 g/mol. The van der Waals surface area contributed by atoms with Gasteiger partial charge in [0.15, 0.2) is 5.82 Å². The zero-order valence-corrected chi connectivity index (χ0v) is 12.8. The minimum absolute atomic E-state index is 0.157. The summed E-state index contributed by atoms with van der Waals surface area (Å²) in [5, 5.41) is 1.93. The Morgan fingerprint density at radius 1 is 1.10 bits per heavy atom. The van der Waals surface area contributed by atoms with Gasteiger partial charge in [-0.25, -0.2) is 8.78 Å². The van der Waals surface area contributed by atoms with Crippen LogP contribution < -0.4 is 5.32 Å². The number of amides is 1. The smallest absolute Gasteiger partial charge is 0.258 e. The molecule has 7 heteroatoms. The van der Waals surface area contributed by atoms with Crippen molar-refractivity contribution in [2.75, 3.05) is 5.32 Å². The van der Waals surface area contributed by atoms with Gasteiger partial charge in [0.25, 0.3) is 5.91 Å². The molecule has 104 valence electrons. The molecule has 0 aliphatic carbocycles. The summed E-state index contributed by atoms with van der Waals surface area (Å²) in [6.45, 7) is 0. The number of hydrogen-bond donors (Lipinski definition) is 1. The predicted molar refractivity (Wildman–Crippen MR) is 78.5 cm³/mol. The zero-order valence-electron chi connectivity index (χ0n) is 9.68. The fourth-order valence-corrected chi connectivity index (χ4v) is 2.36. The highest BCUT2D eigenvalue weighted by Gasteiger charge is 2.15. The Kier molecular flexibility index (Phi) is 4.62. The van der Waals surface area contributed by atoms with Gasteiger partial charge in [0.1, 0.15) is 5.82 Å². The van der Waals surface area contributed by atoms with E-state index in [9.17, 15) is 13.6 Å². The summed E-state index contributed by atoms with van der Waals surface area (Å²) in [4.78, 5) is 11.9. The van der Waals surface area contributed by atoms with Crippen LogP contribution in [0.5, 0.6) is 0 Å². The van der Waals surface area contributed by atoms with Crippen LogP contribution in [-0.2, 0) is 0 Å². The van der Waals surface area contributed by atoms with Gasteiger partial charge >= 0.3 is 0 Å². The number of hydrogen-bond acceptors (Lipinski definition) is 1. The Labute approximate surface area is 131 Å². The number of anilines is 1. The molecule has 0 spiro atoms. The van der Waals surface area contributed by atoms with Gasteiger partial charge in [0, 0.05) is 5.69 Å². The van der Waals surface area contributed by atoms with Crippen molar-refractivity contribution in [3.8, 4) is 0 Å². The molecule has 20 heavy (non-hydrogen) atoms. The van der Waals surface area contributed by atoms with E-state index in [1.54, 1.807) is 0 Å². The van der Waals surface area contributed by atoms with Crippen LogP contribution in [0.3, 0.4) is 0 Å². The zero-order chi connectivity index (χ0) is 14.9. The molecule has 0 saturated heterocycles.